The molecule has 54 heavy (non-hydrogen) atoms. The van der Waals surface area contributed by atoms with E-state index in [4.69, 9.17) is 0 Å². The average Bonchev–Trinajstić information content (AvgIpc) is 3.57. The summed E-state index contributed by atoms with van der Waals surface area (Å²) < 4.78 is 0. The minimum Gasteiger partial charge on any atom is -0.310 e. The third kappa shape index (κ3) is 5.09. The Labute approximate surface area is 317 Å². The van der Waals surface area contributed by atoms with Crippen molar-refractivity contribution in [1.82, 2.24) is 0 Å². The highest BCUT2D eigenvalue weighted by molar-refractivity contribution is 6.08. The summed E-state index contributed by atoms with van der Waals surface area (Å²) in [6.45, 7) is 0. The van der Waals surface area contributed by atoms with Gasteiger partial charge in [-0.05, 0) is 91.4 Å². The highest BCUT2D eigenvalue weighted by Gasteiger charge is 2.47. The lowest BCUT2D eigenvalue weighted by Crippen LogP contribution is -2.29. The number of anilines is 3. The molecule has 0 heterocycles. The molecule has 0 amide bonds. The van der Waals surface area contributed by atoms with Gasteiger partial charge < -0.3 is 4.90 Å². The first-order valence-corrected chi connectivity index (χ1v) is 18.7. The molecular formula is C53H37N. The van der Waals surface area contributed by atoms with Gasteiger partial charge in [-0.25, -0.2) is 0 Å². The SMILES string of the molecule is c1ccc(-c2ccc(N(c3ccc(-c4ccccc4)cc3)c3cccc4ccc5c(c34)C(c3ccccc3)(c3ccccc3)c3ccccc3-5)cc2)cc1. The molecular weight excluding hydrogens is 651 g/mol. The van der Waals surface area contributed by atoms with Gasteiger partial charge in [0, 0.05) is 16.8 Å². The number of benzene rings is 9. The quantitative estimate of drug-likeness (QED) is 0.161. The fourth-order valence-corrected chi connectivity index (χ4v) is 8.78. The third-order valence-electron chi connectivity index (χ3n) is 11.1. The lowest BCUT2D eigenvalue weighted by atomic mass is 9.66. The molecule has 1 aliphatic carbocycles. The smallest absolute Gasteiger partial charge is 0.0720 e. The van der Waals surface area contributed by atoms with Gasteiger partial charge in [-0.3, -0.25) is 0 Å². The number of nitrogens with zero attached hydrogens (tertiary/aromatic N) is 1. The summed E-state index contributed by atoms with van der Waals surface area (Å²) in [5, 5.41) is 2.46. The monoisotopic (exact) mass is 687 g/mol. The first kappa shape index (κ1) is 31.7. The van der Waals surface area contributed by atoms with Crippen molar-refractivity contribution in [2.45, 2.75) is 5.41 Å². The van der Waals surface area contributed by atoms with E-state index in [1.807, 2.05) is 0 Å². The van der Waals surface area contributed by atoms with Gasteiger partial charge in [0.25, 0.3) is 0 Å². The van der Waals surface area contributed by atoms with Crippen molar-refractivity contribution in [2.75, 3.05) is 4.90 Å². The molecule has 0 unspecified atom stereocenters. The Morgan fingerprint density at radius 2 is 0.778 bits per heavy atom. The van der Waals surface area contributed by atoms with Gasteiger partial charge in [0.1, 0.15) is 0 Å². The predicted molar refractivity (Wildman–Crippen MR) is 227 cm³/mol. The van der Waals surface area contributed by atoms with Crippen LogP contribution in [0.3, 0.4) is 0 Å². The predicted octanol–water partition coefficient (Wildman–Crippen LogP) is 14.0. The maximum absolute atomic E-state index is 2.45. The van der Waals surface area contributed by atoms with E-state index in [0.29, 0.717) is 0 Å². The maximum Gasteiger partial charge on any atom is 0.0720 e. The van der Waals surface area contributed by atoms with Crippen LogP contribution in [-0.2, 0) is 5.41 Å². The van der Waals surface area contributed by atoms with Crippen LogP contribution in [0.15, 0.2) is 224 Å². The maximum atomic E-state index is 2.45. The van der Waals surface area contributed by atoms with Gasteiger partial charge in [0.05, 0.1) is 11.1 Å². The van der Waals surface area contributed by atoms with E-state index in [2.05, 4.69) is 229 Å². The van der Waals surface area contributed by atoms with Crippen molar-refractivity contribution in [3.63, 3.8) is 0 Å². The Hall–Kier alpha value is -6.96. The summed E-state index contributed by atoms with van der Waals surface area (Å²) in [5.74, 6) is 0. The van der Waals surface area contributed by atoms with Crippen LogP contribution in [0.4, 0.5) is 17.1 Å². The zero-order chi connectivity index (χ0) is 35.9. The standard InChI is InChI=1S/C53H37N/c1-5-16-38(17-6-1)40-28-33-45(34-29-40)54(46-35-30-41(31-36-46)39-18-7-2-8-19-39)50-27-15-20-42-32-37-48-47-25-13-14-26-49(47)53(52(48)51(42)50,43-21-9-3-10-22-43)44-23-11-4-12-24-44/h1-37H. The zero-order valence-electron chi connectivity index (χ0n) is 29.8. The molecule has 254 valence electrons. The molecule has 0 radical (unpaired) electrons. The van der Waals surface area contributed by atoms with Crippen molar-refractivity contribution in [3.05, 3.63) is 247 Å². The summed E-state index contributed by atoms with van der Waals surface area (Å²) in [6.07, 6.45) is 0. The Kier molecular flexibility index (Phi) is 7.78. The molecule has 0 N–H and O–H groups in total. The second-order valence-corrected chi connectivity index (χ2v) is 14.1. The van der Waals surface area contributed by atoms with Crippen molar-refractivity contribution >= 4 is 27.8 Å². The Balaban J connectivity index is 1.27. The number of rotatable bonds is 7. The van der Waals surface area contributed by atoms with Crippen LogP contribution in [0.2, 0.25) is 0 Å². The molecule has 0 fully saturated rings. The van der Waals surface area contributed by atoms with E-state index in [9.17, 15) is 0 Å². The Bertz CT molecular complexity index is 2600. The van der Waals surface area contributed by atoms with Crippen LogP contribution in [-0.4, -0.2) is 0 Å². The van der Waals surface area contributed by atoms with Gasteiger partial charge >= 0.3 is 0 Å². The van der Waals surface area contributed by atoms with Crippen LogP contribution < -0.4 is 4.90 Å². The zero-order valence-corrected chi connectivity index (χ0v) is 29.8. The van der Waals surface area contributed by atoms with Crippen molar-refractivity contribution in [3.8, 4) is 33.4 Å². The molecule has 9 aromatic rings. The molecule has 9 aromatic carbocycles. The molecule has 1 nitrogen and oxygen atoms in total. The normalized spacial score (nSPS) is 12.6. The molecule has 0 aliphatic heterocycles. The van der Waals surface area contributed by atoms with Crippen LogP contribution in [0.25, 0.3) is 44.2 Å². The summed E-state index contributed by atoms with van der Waals surface area (Å²) in [5.41, 5.74) is 15.3. The van der Waals surface area contributed by atoms with E-state index >= 15 is 0 Å². The first-order valence-electron chi connectivity index (χ1n) is 18.7. The van der Waals surface area contributed by atoms with Gasteiger partial charge in [0.2, 0.25) is 0 Å². The second-order valence-electron chi connectivity index (χ2n) is 14.1. The number of hydrogen-bond acceptors (Lipinski definition) is 1. The molecule has 10 rings (SSSR count). The molecule has 0 aromatic heterocycles. The van der Waals surface area contributed by atoms with Crippen LogP contribution in [0, 0.1) is 0 Å². The molecule has 0 spiro atoms. The van der Waals surface area contributed by atoms with Crippen LogP contribution in [0.1, 0.15) is 22.3 Å². The fourth-order valence-electron chi connectivity index (χ4n) is 8.78. The van der Waals surface area contributed by atoms with Crippen molar-refractivity contribution in [1.29, 1.82) is 0 Å². The minimum atomic E-state index is -0.538. The molecule has 0 atom stereocenters. The average molecular weight is 688 g/mol. The second kappa shape index (κ2) is 13.2. The third-order valence-corrected chi connectivity index (χ3v) is 11.1. The topological polar surface area (TPSA) is 3.24 Å². The molecule has 0 saturated heterocycles. The number of fused-ring (bicyclic) bond motifs is 5. The molecule has 1 heteroatoms. The van der Waals surface area contributed by atoms with E-state index in [-0.39, 0.29) is 0 Å². The molecule has 0 saturated carbocycles. The molecule has 0 bridgehead atoms. The summed E-state index contributed by atoms with van der Waals surface area (Å²) in [7, 11) is 0. The lowest BCUT2D eigenvalue weighted by Gasteiger charge is -2.36. The first-order chi connectivity index (χ1) is 26.8. The van der Waals surface area contributed by atoms with E-state index < -0.39 is 5.41 Å². The van der Waals surface area contributed by atoms with Crippen molar-refractivity contribution in [2.24, 2.45) is 0 Å². The summed E-state index contributed by atoms with van der Waals surface area (Å²) >= 11 is 0. The lowest BCUT2D eigenvalue weighted by molar-refractivity contribution is 0.775. The van der Waals surface area contributed by atoms with Crippen molar-refractivity contribution < 1.29 is 0 Å². The minimum absolute atomic E-state index is 0.538. The van der Waals surface area contributed by atoms with Crippen LogP contribution in [0.5, 0.6) is 0 Å². The van der Waals surface area contributed by atoms with E-state index in [1.165, 1.54) is 66.4 Å². The van der Waals surface area contributed by atoms with Gasteiger partial charge in [-0.2, -0.15) is 0 Å². The molecule has 1 aliphatic rings. The number of hydrogen-bond donors (Lipinski definition) is 0. The fraction of sp³-hybridized carbons (Fsp3) is 0.0189. The van der Waals surface area contributed by atoms with E-state index in [1.54, 1.807) is 0 Å². The van der Waals surface area contributed by atoms with Crippen LogP contribution >= 0.6 is 0 Å². The van der Waals surface area contributed by atoms with Gasteiger partial charge in [-0.15, -0.1) is 0 Å². The van der Waals surface area contributed by atoms with Gasteiger partial charge in [-0.1, -0.05) is 194 Å². The van der Waals surface area contributed by atoms with E-state index in [0.717, 1.165) is 17.1 Å². The Morgan fingerprint density at radius 1 is 0.315 bits per heavy atom. The highest BCUT2D eigenvalue weighted by atomic mass is 15.1. The highest BCUT2D eigenvalue weighted by Crippen LogP contribution is 2.59. The largest absolute Gasteiger partial charge is 0.310 e. The Morgan fingerprint density at radius 3 is 1.31 bits per heavy atom. The summed E-state index contributed by atoms with van der Waals surface area (Å²) in [6, 6.07) is 82.0. The summed E-state index contributed by atoms with van der Waals surface area (Å²) in [4.78, 5) is 2.45. The van der Waals surface area contributed by atoms with Gasteiger partial charge in [0.15, 0.2) is 0 Å².